The Labute approximate surface area is 218 Å². The molecule has 8 N–H and O–H groups in total. The molecule has 0 bridgehead atoms. The Kier molecular flexibility index (Phi) is 11.6. The third-order valence-electron chi connectivity index (χ3n) is 5.55. The van der Waals surface area contributed by atoms with Crippen molar-refractivity contribution in [3.63, 3.8) is 0 Å². The van der Waals surface area contributed by atoms with Crippen molar-refractivity contribution in [2.45, 2.75) is 50.0 Å². The first-order valence-corrected chi connectivity index (χ1v) is 13.3. The Hall–Kier alpha value is -2.74. The molecule has 1 aromatic carbocycles. The maximum Gasteiger partial charge on any atom is 0.326 e. The molecule has 3 amide bonds. The van der Waals surface area contributed by atoms with E-state index in [-0.39, 0.29) is 18.6 Å². The van der Waals surface area contributed by atoms with Crippen LogP contribution in [0.2, 0.25) is 0 Å². The summed E-state index contributed by atoms with van der Waals surface area (Å²) in [6.45, 7) is 1.31. The molecule has 5 atom stereocenters. The average molecular weight is 540 g/mol. The number of aliphatic carboxylic acids is 1. The van der Waals surface area contributed by atoms with Crippen LogP contribution in [-0.2, 0) is 25.6 Å². The molecule has 13 heteroatoms. The second-order valence-electron chi connectivity index (χ2n) is 8.32. The van der Waals surface area contributed by atoms with Crippen LogP contribution in [0.25, 0.3) is 10.9 Å². The molecule has 36 heavy (non-hydrogen) atoms. The monoisotopic (exact) mass is 539 g/mol. The van der Waals surface area contributed by atoms with E-state index in [0.717, 1.165) is 16.5 Å². The van der Waals surface area contributed by atoms with Crippen LogP contribution in [0.15, 0.2) is 30.5 Å². The number of aliphatic hydroxyl groups is 1. The van der Waals surface area contributed by atoms with Crippen LogP contribution in [0.5, 0.6) is 0 Å². The minimum Gasteiger partial charge on any atom is -0.480 e. The van der Waals surface area contributed by atoms with Crippen LogP contribution in [0.4, 0.5) is 0 Å². The highest BCUT2D eigenvalue weighted by Crippen LogP contribution is 2.19. The molecule has 0 saturated carbocycles. The Morgan fingerprint density at radius 3 is 2.36 bits per heavy atom. The predicted molar refractivity (Wildman–Crippen MR) is 142 cm³/mol. The van der Waals surface area contributed by atoms with E-state index in [1.807, 2.05) is 30.5 Å². The summed E-state index contributed by atoms with van der Waals surface area (Å²) in [7, 11) is 0. The molecule has 5 unspecified atom stereocenters. The number of amides is 3. The van der Waals surface area contributed by atoms with Gasteiger partial charge in [0.25, 0.3) is 0 Å². The third-order valence-corrected chi connectivity index (χ3v) is 6.59. The molecular formula is C23H33N5O6S2. The van der Waals surface area contributed by atoms with Crippen molar-refractivity contribution in [2.24, 2.45) is 5.73 Å². The number of para-hydroxylation sites is 1. The number of nitrogens with two attached hydrogens (primary N) is 1. The number of carbonyl (C=O) groups excluding carboxylic acids is 3. The molecule has 2 rings (SSSR count). The number of carboxylic acids is 1. The molecular weight excluding hydrogens is 506 g/mol. The lowest BCUT2D eigenvalue weighted by Crippen LogP contribution is -2.60. The van der Waals surface area contributed by atoms with Crippen molar-refractivity contribution < 1.29 is 29.4 Å². The normalized spacial score (nSPS) is 15.4. The van der Waals surface area contributed by atoms with Gasteiger partial charge in [0.1, 0.15) is 18.1 Å². The molecule has 0 aliphatic carbocycles. The summed E-state index contributed by atoms with van der Waals surface area (Å²) < 4.78 is 0. The zero-order valence-electron chi connectivity index (χ0n) is 20.1. The first kappa shape index (κ1) is 29.5. The maximum atomic E-state index is 13.1. The highest BCUT2D eigenvalue weighted by atomic mass is 32.2. The van der Waals surface area contributed by atoms with E-state index in [0.29, 0.717) is 5.75 Å². The molecule has 0 saturated heterocycles. The van der Waals surface area contributed by atoms with Crippen molar-refractivity contribution >= 4 is 59.0 Å². The van der Waals surface area contributed by atoms with Gasteiger partial charge in [0, 0.05) is 29.3 Å². The Bertz CT molecular complexity index is 1060. The van der Waals surface area contributed by atoms with Gasteiger partial charge in [0.05, 0.1) is 12.1 Å². The van der Waals surface area contributed by atoms with E-state index >= 15 is 0 Å². The van der Waals surface area contributed by atoms with Crippen molar-refractivity contribution in [1.29, 1.82) is 0 Å². The molecule has 1 aromatic heterocycles. The molecule has 0 fully saturated rings. The van der Waals surface area contributed by atoms with Gasteiger partial charge in [0.15, 0.2) is 0 Å². The molecule has 2 aromatic rings. The van der Waals surface area contributed by atoms with Crippen LogP contribution in [0.3, 0.4) is 0 Å². The lowest BCUT2D eigenvalue weighted by atomic mass is 10.0. The first-order chi connectivity index (χ1) is 17.1. The van der Waals surface area contributed by atoms with Crippen molar-refractivity contribution in [2.75, 3.05) is 17.8 Å². The topological polar surface area (TPSA) is 187 Å². The fourth-order valence-corrected chi connectivity index (χ4v) is 4.14. The summed E-state index contributed by atoms with van der Waals surface area (Å²) >= 11 is 5.39. The van der Waals surface area contributed by atoms with Crippen LogP contribution >= 0.6 is 24.4 Å². The Morgan fingerprint density at radius 2 is 1.75 bits per heavy atom. The van der Waals surface area contributed by atoms with Crippen LogP contribution < -0.4 is 21.7 Å². The average Bonchev–Trinajstić information content (AvgIpc) is 3.26. The summed E-state index contributed by atoms with van der Waals surface area (Å²) in [5.41, 5.74) is 7.19. The minimum absolute atomic E-state index is 0.0300. The summed E-state index contributed by atoms with van der Waals surface area (Å²) in [4.78, 5) is 53.1. The quantitative estimate of drug-likeness (QED) is 0.150. The van der Waals surface area contributed by atoms with Gasteiger partial charge in [-0.15, -0.1) is 0 Å². The van der Waals surface area contributed by atoms with Crippen molar-refractivity contribution in [1.82, 2.24) is 20.9 Å². The number of rotatable bonds is 14. The van der Waals surface area contributed by atoms with Gasteiger partial charge in [-0.1, -0.05) is 18.2 Å². The van der Waals surface area contributed by atoms with Crippen LogP contribution in [0, 0.1) is 0 Å². The number of aromatic nitrogens is 1. The van der Waals surface area contributed by atoms with Gasteiger partial charge in [0.2, 0.25) is 17.7 Å². The van der Waals surface area contributed by atoms with Gasteiger partial charge in [-0.2, -0.15) is 24.4 Å². The number of carbonyl (C=O) groups is 4. The number of thiol groups is 1. The molecule has 0 aliphatic rings. The number of nitrogens with one attached hydrogen (secondary N) is 4. The number of carboxylic acid groups (broad SMARTS) is 1. The minimum atomic E-state index is -1.37. The van der Waals surface area contributed by atoms with E-state index in [4.69, 9.17) is 5.73 Å². The van der Waals surface area contributed by atoms with Crippen molar-refractivity contribution in [3.05, 3.63) is 36.0 Å². The van der Waals surface area contributed by atoms with Gasteiger partial charge < -0.3 is 36.9 Å². The number of hydrogen-bond donors (Lipinski definition) is 8. The largest absolute Gasteiger partial charge is 0.480 e. The van der Waals surface area contributed by atoms with E-state index in [2.05, 4.69) is 33.6 Å². The zero-order valence-corrected chi connectivity index (χ0v) is 21.8. The zero-order chi connectivity index (χ0) is 26.8. The molecule has 198 valence electrons. The van der Waals surface area contributed by atoms with Gasteiger partial charge in [-0.05, 0) is 37.0 Å². The van der Waals surface area contributed by atoms with E-state index in [1.54, 1.807) is 6.20 Å². The second kappa shape index (κ2) is 14.1. The summed E-state index contributed by atoms with van der Waals surface area (Å²) in [6, 6.07) is 2.72. The molecule has 0 aliphatic heterocycles. The standard InChI is InChI=1S/C23H33N5O6S2/c1-12(29)19(28-20(30)15(24)11-35)22(32)26-17(7-8-36-2)21(31)27-18(23(33)34)9-13-10-25-16-6-4-3-5-14(13)16/h3-6,10,12,15,17-19,25,29,35H,7-9,11,24H2,1-2H3,(H,26,32)(H,27,31)(H,28,30)(H,33,34). The molecule has 0 spiro atoms. The van der Waals surface area contributed by atoms with E-state index < -0.39 is 54.0 Å². The Morgan fingerprint density at radius 1 is 1.08 bits per heavy atom. The van der Waals surface area contributed by atoms with Gasteiger partial charge >= 0.3 is 5.97 Å². The number of benzene rings is 1. The number of aliphatic hydroxyl groups excluding tert-OH is 1. The van der Waals surface area contributed by atoms with Gasteiger partial charge in [-0.25, -0.2) is 4.79 Å². The fraction of sp³-hybridized carbons (Fsp3) is 0.478. The van der Waals surface area contributed by atoms with E-state index in [1.165, 1.54) is 18.7 Å². The Balaban J connectivity index is 2.16. The third kappa shape index (κ3) is 8.15. The summed E-state index contributed by atoms with van der Waals surface area (Å²) in [5.74, 6) is -2.86. The fourth-order valence-electron chi connectivity index (χ4n) is 3.51. The molecule has 1 heterocycles. The lowest BCUT2D eigenvalue weighted by Gasteiger charge is -2.26. The van der Waals surface area contributed by atoms with Crippen molar-refractivity contribution in [3.8, 4) is 0 Å². The highest BCUT2D eigenvalue weighted by molar-refractivity contribution is 7.98. The van der Waals surface area contributed by atoms with E-state index in [9.17, 15) is 29.4 Å². The second-order valence-corrected chi connectivity index (χ2v) is 9.67. The van der Waals surface area contributed by atoms with Crippen LogP contribution in [0.1, 0.15) is 18.9 Å². The highest BCUT2D eigenvalue weighted by Gasteiger charge is 2.32. The summed E-state index contributed by atoms with van der Waals surface area (Å²) in [5, 5.41) is 28.0. The predicted octanol–water partition coefficient (Wildman–Crippen LogP) is -0.360. The maximum absolute atomic E-state index is 13.1. The smallest absolute Gasteiger partial charge is 0.326 e. The SMILES string of the molecule is CSCCC(NC(=O)C(NC(=O)C(N)CS)C(C)O)C(=O)NC(Cc1c[nH]c2ccccc12)C(=O)O. The lowest BCUT2D eigenvalue weighted by molar-refractivity contribution is -0.142. The summed E-state index contributed by atoms with van der Waals surface area (Å²) in [6.07, 6.45) is 2.48. The first-order valence-electron chi connectivity index (χ1n) is 11.3. The number of thioether (sulfide) groups is 1. The number of fused-ring (bicyclic) bond motifs is 1. The number of hydrogen-bond acceptors (Lipinski definition) is 8. The molecule has 0 radical (unpaired) electrons. The number of H-pyrrole nitrogens is 1. The number of aromatic amines is 1. The molecule has 11 nitrogen and oxygen atoms in total. The van der Waals surface area contributed by atoms with Gasteiger partial charge in [-0.3, -0.25) is 14.4 Å². The van der Waals surface area contributed by atoms with Crippen LogP contribution in [-0.4, -0.2) is 86.9 Å².